The van der Waals surface area contributed by atoms with Gasteiger partial charge < -0.3 is 10.2 Å². The molecule has 0 saturated carbocycles. The van der Waals surface area contributed by atoms with Crippen molar-refractivity contribution in [2.24, 2.45) is 11.3 Å². The Kier molecular flexibility index (Phi) is 3.91. The lowest BCUT2D eigenvalue weighted by Crippen LogP contribution is -2.25. The van der Waals surface area contributed by atoms with Crippen LogP contribution in [-0.4, -0.2) is 22.2 Å². The third-order valence-electron chi connectivity index (χ3n) is 2.07. The van der Waals surface area contributed by atoms with Crippen molar-refractivity contribution in [3.05, 3.63) is 0 Å². The fraction of sp³-hybridized carbons (Fsp3) is 0.778. The Labute approximate surface area is 77.6 Å². The zero-order chi connectivity index (χ0) is 10.6. The van der Waals surface area contributed by atoms with Gasteiger partial charge in [0.2, 0.25) is 0 Å². The minimum atomic E-state index is -0.943. The molecule has 0 bridgehead atoms. The van der Waals surface area contributed by atoms with Gasteiger partial charge >= 0.3 is 11.9 Å². The molecule has 0 rings (SSSR count). The fourth-order valence-electron chi connectivity index (χ4n) is 1.11. The number of hydrogen-bond donors (Lipinski definition) is 2. The third-order valence-corrected chi connectivity index (χ3v) is 2.07. The molecule has 2 N–H and O–H groups in total. The highest BCUT2D eigenvalue weighted by atomic mass is 16.4. The first-order valence-corrected chi connectivity index (χ1v) is 4.17. The predicted octanol–water partition coefficient (Wildman–Crippen LogP) is 1.60. The summed E-state index contributed by atoms with van der Waals surface area (Å²) >= 11 is 0. The van der Waals surface area contributed by atoms with Crippen LogP contribution in [0.15, 0.2) is 0 Å². The average Bonchev–Trinajstić information content (AvgIpc) is 1.81. The summed E-state index contributed by atoms with van der Waals surface area (Å²) in [6, 6.07) is 0. The van der Waals surface area contributed by atoms with Gasteiger partial charge in [-0.25, -0.2) is 0 Å². The van der Waals surface area contributed by atoms with Crippen molar-refractivity contribution in [1.29, 1.82) is 0 Å². The van der Waals surface area contributed by atoms with Crippen LogP contribution in [0, 0.1) is 11.3 Å². The van der Waals surface area contributed by atoms with Crippen molar-refractivity contribution < 1.29 is 19.8 Å². The quantitative estimate of drug-likeness (QED) is 0.702. The molecule has 0 aromatic heterocycles. The van der Waals surface area contributed by atoms with Gasteiger partial charge in [0, 0.05) is 12.8 Å². The number of carboxylic acid groups (broad SMARTS) is 2. The summed E-state index contributed by atoms with van der Waals surface area (Å²) in [4.78, 5) is 20.9. The van der Waals surface area contributed by atoms with E-state index in [1.165, 1.54) is 0 Å². The van der Waals surface area contributed by atoms with Crippen LogP contribution in [0.5, 0.6) is 0 Å². The lowest BCUT2D eigenvalue weighted by atomic mass is 9.77. The third kappa shape index (κ3) is 5.22. The summed E-state index contributed by atoms with van der Waals surface area (Å²) < 4.78 is 0. The second-order valence-corrected chi connectivity index (χ2v) is 4.26. The molecule has 0 aliphatic rings. The maximum absolute atomic E-state index is 10.4. The van der Waals surface area contributed by atoms with Crippen molar-refractivity contribution in [1.82, 2.24) is 0 Å². The van der Waals surface area contributed by atoms with Gasteiger partial charge in [0.25, 0.3) is 0 Å². The van der Waals surface area contributed by atoms with Crippen LogP contribution < -0.4 is 0 Å². The lowest BCUT2D eigenvalue weighted by Gasteiger charge is -2.27. The van der Waals surface area contributed by atoms with Gasteiger partial charge in [0.15, 0.2) is 0 Å². The molecular weight excluding hydrogens is 172 g/mol. The van der Waals surface area contributed by atoms with E-state index in [2.05, 4.69) is 0 Å². The molecule has 0 radical (unpaired) electrons. The number of aliphatic carboxylic acids is 2. The van der Waals surface area contributed by atoms with Gasteiger partial charge in [0.1, 0.15) is 0 Å². The highest BCUT2D eigenvalue weighted by Crippen LogP contribution is 2.31. The van der Waals surface area contributed by atoms with Crippen LogP contribution in [0.2, 0.25) is 0 Å². The molecule has 0 heterocycles. The fourth-order valence-corrected chi connectivity index (χ4v) is 1.11. The van der Waals surface area contributed by atoms with E-state index in [1.807, 2.05) is 20.8 Å². The summed E-state index contributed by atoms with van der Waals surface area (Å²) in [6.45, 7) is 5.55. The van der Waals surface area contributed by atoms with Crippen LogP contribution >= 0.6 is 0 Å². The zero-order valence-electron chi connectivity index (χ0n) is 8.20. The Morgan fingerprint density at radius 1 is 1.08 bits per heavy atom. The van der Waals surface area contributed by atoms with Gasteiger partial charge in [-0.3, -0.25) is 9.59 Å². The van der Waals surface area contributed by atoms with E-state index < -0.39 is 11.9 Å². The lowest BCUT2D eigenvalue weighted by molar-refractivity contribution is -0.142. The summed E-state index contributed by atoms with van der Waals surface area (Å²) in [5.41, 5.74) is -0.281. The first-order valence-electron chi connectivity index (χ1n) is 4.17. The molecule has 0 saturated heterocycles. The van der Waals surface area contributed by atoms with E-state index in [9.17, 15) is 9.59 Å². The van der Waals surface area contributed by atoms with Crippen molar-refractivity contribution >= 4 is 11.9 Å². The Morgan fingerprint density at radius 2 is 1.38 bits per heavy atom. The van der Waals surface area contributed by atoms with Crippen molar-refractivity contribution in [2.45, 2.75) is 33.6 Å². The van der Waals surface area contributed by atoms with Crippen LogP contribution in [-0.2, 0) is 9.59 Å². The van der Waals surface area contributed by atoms with Crippen LogP contribution in [0.4, 0.5) is 0 Å². The van der Waals surface area contributed by atoms with Gasteiger partial charge in [-0.15, -0.1) is 0 Å². The second-order valence-electron chi connectivity index (χ2n) is 4.26. The first kappa shape index (κ1) is 11.9. The van der Waals surface area contributed by atoms with Gasteiger partial charge in [-0.1, -0.05) is 20.8 Å². The molecular formula is C9H16O4. The van der Waals surface area contributed by atoms with E-state index in [-0.39, 0.29) is 24.2 Å². The molecule has 4 nitrogen and oxygen atoms in total. The highest BCUT2D eigenvalue weighted by molar-refractivity contribution is 5.70. The molecule has 0 unspecified atom stereocenters. The minimum Gasteiger partial charge on any atom is -0.481 e. The molecule has 0 aromatic rings. The summed E-state index contributed by atoms with van der Waals surface area (Å²) in [5, 5.41) is 17.1. The standard InChI is InChI=1S/C9H16O4/c1-9(2,3)6(4-7(10)11)5-8(12)13/h6H,4-5H2,1-3H3,(H,10,11)(H,12,13). The zero-order valence-corrected chi connectivity index (χ0v) is 8.20. The summed E-state index contributed by atoms with van der Waals surface area (Å²) in [7, 11) is 0. The maximum atomic E-state index is 10.4. The molecule has 0 aromatic carbocycles. The number of rotatable bonds is 4. The SMILES string of the molecule is CC(C)(C)C(CC(=O)O)CC(=O)O. The monoisotopic (exact) mass is 188 g/mol. The van der Waals surface area contributed by atoms with E-state index in [4.69, 9.17) is 10.2 Å². The molecule has 0 aliphatic carbocycles. The van der Waals surface area contributed by atoms with Crippen LogP contribution in [0.3, 0.4) is 0 Å². The number of hydrogen-bond acceptors (Lipinski definition) is 2. The molecule has 0 fully saturated rings. The molecule has 76 valence electrons. The number of carbonyl (C=O) groups is 2. The second kappa shape index (κ2) is 4.25. The average molecular weight is 188 g/mol. The normalized spacial score (nSPS) is 11.7. The Morgan fingerprint density at radius 3 is 1.54 bits per heavy atom. The van der Waals surface area contributed by atoms with E-state index in [0.29, 0.717) is 0 Å². The van der Waals surface area contributed by atoms with Crippen molar-refractivity contribution in [3.63, 3.8) is 0 Å². The van der Waals surface area contributed by atoms with E-state index in [0.717, 1.165) is 0 Å². The first-order chi connectivity index (χ1) is 5.73. The molecule has 4 heteroatoms. The topological polar surface area (TPSA) is 74.6 Å². The highest BCUT2D eigenvalue weighted by Gasteiger charge is 2.28. The van der Waals surface area contributed by atoms with Gasteiger partial charge in [0.05, 0.1) is 0 Å². The Hall–Kier alpha value is -1.06. The number of carboxylic acids is 2. The molecule has 0 spiro atoms. The largest absolute Gasteiger partial charge is 0.481 e. The maximum Gasteiger partial charge on any atom is 0.303 e. The van der Waals surface area contributed by atoms with E-state index in [1.54, 1.807) is 0 Å². The Balaban J connectivity index is 4.37. The molecule has 0 aliphatic heterocycles. The molecule has 0 amide bonds. The minimum absolute atomic E-state index is 0.0875. The Bertz CT molecular complexity index is 186. The molecule has 13 heavy (non-hydrogen) atoms. The van der Waals surface area contributed by atoms with Crippen LogP contribution in [0.1, 0.15) is 33.6 Å². The van der Waals surface area contributed by atoms with Gasteiger partial charge in [-0.05, 0) is 11.3 Å². The predicted molar refractivity (Wildman–Crippen MR) is 47.5 cm³/mol. The smallest absolute Gasteiger partial charge is 0.303 e. The summed E-state index contributed by atoms with van der Waals surface area (Å²) in [6.07, 6.45) is -0.175. The van der Waals surface area contributed by atoms with Crippen molar-refractivity contribution in [2.75, 3.05) is 0 Å². The summed E-state index contributed by atoms with van der Waals surface area (Å²) in [5.74, 6) is -2.20. The van der Waals surface area contributed by atoms with Crippen LogP contribution in [0.25, 0.3) is 0 Å². The molecule has 0 atom stereocenters. The van der Waals surface area contributed by atoms with Crippen molar-refractivity contribution in [3.8, 4) is 0 Å². The van der Waals surface area contributed by atoms with Gasteiger partial charge in [-0.2, -0.15) is 0 Å². The van der Waals surface area contributed by atoms with E-state index >= 15 is 0 Å².